The zero-order chi connectivity index (χ0) is 20.5. The maximum absolute atomic E-state index is 12.7. The number of rotatable bonds is 4. The van der Waals surface area contributed by atoms with Crippen molar-refractivity contribution in [2.24, 2.45) is 0 Å². The quantitative estimate of drug-likeness (QED) is 0.524. The predicted octanol–water partition coefficient (Wildman–Crippen LogP) is 4.35. The molecule has 0 aliphatic rings. The van der Waals surface area contributed by atoms with Gasteiger partial charge in [0.25, 0.3) is 5.91 Å². The number of hydrogen-bond donors (Lipinski definition) is 2. The van der Waals surface area contributed by atoms with Crippen LogP contribution < -0.4 is 10.1 Å². The van der Waals surface area contributed by atoms with Gasteiger partial charge < -0.3 is 15.2 Å². The number of phenolic OH excluding ortho intramolecular Hbond substituents is 1. The van der Waals surface area contributed by atoms with Crippen molar-refractivity contribution in [3.8, 4) is 17.2 Å². The lowest BCUT2D eigenvalue weighted by Gasteiger charge is -2.08. The first-order valence-corrected chi connectivity index (χ1v) is 9.14. The minimum atomic E-state index is -0.424. The molecule has 146 valence electrons. The summed E-state index contributed by atoms with van der Waals surface area (Å²) in [7, 11) is 1.60. The van der Waals surface area contributed by atoms with E-state index in [9.17, 15) is 9.90 Å². The van der Waals surface area contributed by atoms with E-state index >= 15 is 0 Å². The third-order valence-electron chi connectivity index (χ3n) is 4.47. The molecule has 0 saturated heterocycles. The molecule has 0 fully saturated rings. The van der Waals surface area contributed by atoms with Gasteiger partial charge in [-0.25, -0.2) is 9.67 Å². The number of aryl methyl sites for hydroxylation is 1. The fourth-order valence-electron chi connectivity index (χ4n) is 3.05. The maximum atomic E-state index is 12.7. The van der Waals surface area contributed by atoms with Gasteiger partial charge >= 0.3 is 0 Å². The molecule has 1 amide bonds. The summed E-state index contributed by atoms with van der Waals surface area (Å²) >= 11 is 6.56. The van der Waals surface area contributed by atoms with Crippen molar-refractivity contribution in [2.45, 2.75) is 6.92 Å². The number of ether oxygens (including phenoxy) is 1. The van der Waals surface area contributed by atoms with Gasteiger partial charge in [0, 0.05) is 18.0 Å². The lowest BCUT2D eigenvalue weighted by atomic mass is 10.2. The lowest BCUT2D eigenvalue weighted by Crippen LogP contribution is -2.13. The van der Waals surface area contributed by atoms with Gasteiger partial charge in [0.05, 0.1) is 34.5 Å². The molecule has 0 spiro atoms. The number of benzene rings is 2. The Balaban J connectivity index is 1.74. The smallest absolute Gasteiger partial charge is 0.258 e. The van der Waals surface area contributed by atoms with Crippen LogP contribution in [0.4, 0.5) is 5.69 Å². The van der Waals surface area contributed by atoms with E-state index in [4.69, 9.17) is 16.3 Å². The molecule has 2 heterocycles. The summed E-state index contributed by atoms with van der Waals surface area (Å²) in [5.74, 6) is 0.365. The lowest BCUT2D eigenvalue weighted by molar-refractivity contribution is 0.102. The highest BCUT2D eigenvalue weighted by Gasteiger charge is 2.20. The molecule has 7 nitrogen and oxygen atoms in total. The summed E-state index contributed by atoms with van der Waals surface area (Å²) in [4.78, 5) is 17.1. The van der Waals surface area contributed by atoms with Crippen molar-refractivity contribution in [3.05, 3.63) is 71.0 Å². The molecule has 2 aromatic carbocycles. The molecule has 2 aromatic heterocycles. The first-order chi connectivity index (χ1) is 14.0. The number of nitrogens with zero attached hydrogens (tertiary/aromatic N) is 3. The number of fused-ring (bicyclic) bond motifs is 1. The molecule has 0 aliphatic carbocycles. The van der Waals surface area contributed by atoms with Crippen LogP contribution in [0.5, 0.6) is 11.5 Å². The standard InChI is InChI=1S/C21H17ClN4O3/c1-12-18-19(22)17(21(28)24-13-4-3-5-15(27)10-13)11-23-20(18)26(25-12)14-6-8-16(29-2)9-7-14/h3-11,27H,1-2H3,(H,24,28). The van der Waals surface area contributed by atoms with Crippen molar-refractivity contribution < 1.29 is 14.6 Å². The number of aromatic nitrogens is 3. The largest absolute Gasteiger partial charge is 0.508 e. The highest BCUT2D eigenvalue weighted by Crippen LogP contribution is 2.31. The van der Waals surface area contributed by atoms with Gasteiger partial charge in [-0.3, -0.25) is 4.79 Å². The second-order valence-electron chi connectivity index (χ2n) is 6.38. The van der Waals surface area contributed by atoms with Crippen molar-refractivity contribution in [1.29, 1.82) is 0 Å². The Kier molecular flexibility index (Phi) is 4.82. The summed E-state index contributed by atoms with van der Waals surface area (Å²) in [6.45, 7) is 1.81. The van der Waals surface area contributed by atoms with Gasteiger partial charge in [0.1, 0.15) is 11.5 Å². The average Bonchev–Trinajstić information content (AvgIpc) is 3.05. The van der Waals surface area contributed by atoms with Gasteiger partial charge in [0.2, 0.25) is 0 Å². The van der Waals surface area contributed by atoms with Crippen LogP contribution in [0.1, 0.15) is 16.1 Å². The SMILES string of the molecule is COc1ccc(-n2nc(C)c3c(Cl)c(C(=O)Nc4cccc(O)c4)cnc32)cc1. The summed E-state index contributed by atoms with van der Waals surface area (Å²) < 4.78 is 6.86. The van der Waals surface area contributed by atoms with Crippen LogP contribution in [-0.2, 0) is 0 Å². The van der Waals surface area contributed by atoms with Crippen LogP contribution in [0, 0.1) is 6.92 Å². The Morgan fingerprint density at radius 2 is 1.97 bits per heavy atom. The van der Waals surface area contributed by atoms with E-state index in [1.165, 1.54) is 18.3 Å². The van der Waals surface area contributed by atoms with Crippen molar-refractivity contribution in [1.82, 2.24) is 14.8 Å². The summed E-state index contributed by atoms with van der Waals surface area (Å²) in [5, 5.41) is 17.7. The molecule has 0 radical (unpaired) electrons. The predicted molar refractivity (Wildman–Crippen MR) is 111 cm³/mol. The monoisotopic (exact) mass is 408 g/mol. The third kappa shape index (κ3) is 3.48. The highest BCUT2D eigenvalue weighted by atomic mass is 35.5. The van der Waals surface area contributed by atoms with Crippen molar-refractivity contribution >= 4 is 34.2 Å². The van der Waals surface area contributed by atoms with E-state index in [0.29, 0.717) is 22.4 Å². The first kappa shape index (κ1) is 18.8. The molecule has 0 unspecified atom stereocenters. The Labute approximate surface area is 171 Å². The molecular formula is C21H17ClN4O3. The molecular weight excluding hydrogens is 392 g/mol. The topological polar surface area (TPSA) is 89.3 Å². The molecule has 0 atom stereocenters. The number of amides is 1. The van der Waals surface area contributed by atoms with E-state index in [-0.39, 0.29) is 16.3 Å². The third-order valence-corrected chi connectivity index (χ3v) is 4.87. The van der Waals surface area contributed by atoms with Gasteiger partial charge in [-0.1, -0.05) is 17.7 Å². The van der Waals surface area contributed by atoms with Crippen LogP contribution in [0.3, 0.4) is 0 Å². The van der Waals surface area contributed by atoms with Gasteiger partial charge in [-0.05, 0) is 43.3 Å². The van der Waals surface area contributed by atoms with E-state index < -0.39 is 5.91 Å². The molecule has 0 saturated carbocycles. The number of nitrogens with one attached hydrogen (secondary N) is 1. The first-order valence-electron chi connectivity index (χ1n) is 8.76. The van der Waals surface area contributed by atoms with Gasteiger partial charge in [-0.15, -0.1) is 0 Å². The summed E-state index contributed by atoms with van der Waals surface area (Å²) in [6.07, 6.45) is 1.42. The number of aromatic hydroxyl groups is 1. The Bertz CT molecular complexity index is 1220. The molecule has 4 aromatic rings. The number of anilines is 1. The fraction of sp³-hybridized carbons (Fsp3) is 0.0952. The van der Waals surface area contributed by atoms with Crippen molar-refractivity contribution in [3.63, 3.8) is 0 Å². The fourth-order valence-corrected chi connectivity index (χ4v) is 3.41. The number of phenols is 1. The summed E-state index contributed by atoms with van der Waals surface area (Å²) in [5.41, 5.74) is 2.67. The van der Waals surface area contributed by atoms with E-state index in [2.05, 4.69) is 15.4 Å². The maximum Gasteiger partial charge on any atom is 0.258 e. The number of hydrogen-bond acceptors (Lipinski definition) is 5. The molecule has 2 N–H and O–H groups in total. The Morgan fingerprint density at radius 3 is 2.66 bits per heavy atom. The molecule has 4 rings (SSSR count). The van der Waals surface area contributed by atoms with E-state index in [1.807, 2.05) is 31.2 Å². The highest BCUT2D eigenvalue weighted by molar-refractivity contribution is 6.39. The van der Waals surface area contributed by atoms with Crippen LogP contribution in [-0.4, -0.2) is 32.9 Å². The second kappa shape index (κ2) is 7.44. The number of pyridine rings is 1. The zero-order valence-corrected chi connectivity index (χ0v) is 16.4. The Hall–Kier alpha value is -3.58. The van der Waals surface area contributed by atoms with Crippen molar-refractivity contribution in [2.75, 3.05) is 12.4 Å². The molecule has 8 heteroatoms. The minimum Gasteiger partial charge on any atom is -0.508 e. The van der Waals surface area contributed by atoms with Crippen LogP contribution in [0.25, 0.3) is 16.7 Å². The van der Waals surface area contributed by atoms with Crippen LogP contribution >= 0.6 is 11.6 Å². The van der Waals surface area contributed by atoms with Crippen LogP contribution in [0.15, 0.2) is 54.7 Å². The molecule has 0 bridgehead atoms. The van der Waals surface area contributed by atoms with E-state index in [0.717, 1.165) is 11.4 Å². The zero-order valence-electron chi connectivity index (χ0n) is 15.7. The number of halogens is 1. The van der Waals surface area contributed by atoms with Crippen LogP contribution in [0.2, 0.25) is 5.02 Å². The second-order valence-corrected chi connectivity index (χ2v) is 6.76. The van der Waals surface area contributed by atoms with E-state index in [1.54, 1.807) is 23.9 Å². The summed E-state index contributed by atoms with van der Waals surface area (Å²) in [6, 6.07) is 13.7. The number of methoxy groups -OCH3 is 1. The molecule has 29 heavy (non-hydrogen) atoms. The average molecular weight is 409 g/mol. The number of carbonyl (C=O) groups is 1. The normalized spacial score (nSPS) is 10.9. The number of carbonyl (C=O) groups excluding carboxylic acids is 1. The Morgan fingerprint density at radius 1 is 1.21 bits per heavy atom. The van der Waals surface area contributed by atoms with Gasteiger partial charge in [-0.2, -0.15) is 5.10 Å². The van der Waals surface area contributed by atoms with Gasteiger partial charge in [0.15, 0.2) is 5.65 Å². The molecule has 0 aliphatic heterocycles. The minimum absolute atomic E-state index is 0.0547.